The molecule has 0 aliphatic heterocycles. The highest BCUT2D eigenvalue weighted by Gasteiger charge is 2.10. The van der Waals surface area contributed by atoms with Gasteiger partial charge in [-0.3, -0.25) is 0 Å². The zero-order valence-corrected chi connectivity index (χ0v) is 10.7. The largest absolute Gasteiger partial charge is 0.707 e. The van der Waals surface area contributed by atoms with Gasteiger partial charge in [-0.15, -0.1) is 11.8 Å². The van der Waals surface area contributed by atoms with Gasteiger partial charge in [-0.05, 0) is 30.7 Å². The highest BCUT2D eigenvalue weighted by molar-refractivity contribution is 7.99. The molecule has 0 unspecified atom stereocenters. The Morgan fingerprint density at radius 2 is 1.88 bits per heavy atom. The Kier molecular flexibility index (Phi) is 7.11. The van der Waals surface area contributed by atoms with Crippen LogP contribution in [-0.2, 0) is 4.74 Å². The van der Waals surface area contributed by atoms with Crippen LogP contribution in [0.25, 0.3) is 0 Å². The van der Waals surface area contributed by atoms with E-state index in [1.807, 2.05) is 12.1 Å². The summed E-state index contributed by atoms with van der Waals surface area (Å²) in [6, 6.07) is 7.16. The Balaban J connectivity index is 2.25. The van der Waals surface area contributed by atoms with Crippen molar-refractivity contribution < 1.29 is 19.4 Å². The molecule has 17 heavy (non-hydrogen) atoms. The third-order valence-corrected chi connectivity index (χ3v) is 2.89. The van der Waals surface area contributed by atoms with Crippen LogP contribution in [0.3, 0.4) is 0 Å². The number of thioether (sulfide) groups is 1. The summed E-state index contributed by atoms with van der Waals surface area (Å²) in [5.74, 6) is 1.34. The van der Waals surface area contributed by atoms with Crippen molar-refractivity contribution in [2.75, 3.05) is 19.0 Å². The first kappa shape index (κ1) is 14.4. The maximum absolute atomic E-state index is 8.61. The summed E-state index contributed by atoms with van der Waals surface area (Å²) >= 11 is 1.69. The second kappa shape index (κ2) is 8.41. The van der Waals surface area contributed by atoms with E-state index in [0.717, 1.165) is 30.3 Å². The third kappa shape index (κ3) is 6.58. The van der Waals surface area contributed by atoms with E-state index >= 15 is 0 Å². The summed E-state index contributed by atoms with van der Waals surface area (Å²) in [6.07, 6.45) is 1.04. The first-order valence-electron chi connectivity index (χ1n) is 5.55. The molecule has 0 aliphatic rings. The smallest absolute Gasteiger partial charge is 0.512 e. The molecule has 0 atom stereocenters. The lowest BCUT2D eigenvalue weighted by Crippen LogP contribution is -2.20. The van der Waals surface area contributed by atoms with Crippen LogP contribution in [0, 0.1) is 0 Å². The molecule has 2 N–H and O–H groups in total. The predicted molar refractivity (Wildman–Crippen MR) is 69.1 cm³/mol. The Morgan fingerprint density at radius 1 is 1.18 bits per heavy atom. The number of hydrogen-bond acceptors (Lipinski definition) is 5. The average molecular weight is 256 g/mol. The molecule has 1 rings (SSSR count). The van der Waals surface area contributed by atoms with E-state index in [4.69, 9.17) is 19.4 Å². The molecule has 0 aromatic heterocycles. The molecular formula is C11H17BO4S. The first-order valence-corrected chi connectivity index (χ1v) is 6.54. The molecule has 0 aliphatic carbocycles. The van der Waals surface area contributed by atoms with E-state index in [0.29, 0.717) is 5.75 Å². The summed E-state index contributed by atoms with van der Waals surface area (Å²) < 4.78 is 10.1. The van der Waals surface area contributed by atoms with Gasteiger partial charge in [-0.2, -0.15) is 0 Å². The fourth-order valence-electron chi connectivity index (χ4n) is 1.20. The topological polar surface area (TPSA) is 58.9 Å². The lowest BCUT2D eigenvalue weighted by Gasteiger charge is -2.06. The van der Waals surface area contributed by atoms with Crippen LogP contribution in [0.15, 0.2) is 29.2 Å². The maximum atomic E-state index is 8.61. The van der Waals surface area contributed by atoms with Crippen molar-refractivity contribution >= 4 is 19.1 Å². The normalized spacial score (nSPS) is 10.3. The van der Waals surface area contributed by atoms with Crippen LogP contribution >= 0.6 is 11.8 Å². The van der Waals surface area contributed by atoms with Crippen LogP contribution in [0.4, 0.5) is 0 Å². The quantitative estimate of drug-likeness (QED) is 0.420. The standard InChI is InChI=1S/C11H17BO4S/c1-2-7-15-8-9-17-11-5-3-10(4-6-11)16-12(13)14/h3-6,13-14H,2,7-9H2,1H3. The highest BCUT2D eigenvalue weighted by Crippen LogP contribution is 2.21. The SMILES string of the molecule is CCCOCCSc1ccc(OB(O)O)cc1. The molecule has 0 amide bonds. The lowest BCUT2D eigenvalue weighted by atomic mass is 10.2. The summed E-state index contributed by atoms with van der Waals surface area (Å²) in [6.45, 7) is 3.63. The number of hydrogen-bond donors (Lipinski definition) is 2. The van der Waals surface area contributed by atoms with Crippen molar-refractivity contribution in [2.24, 2.45) is 0 Å². The molecule has 0 spiro atoms. The predicted octanol–water partition coefficient (Wildman–Crippen LogP) is 1.55. The Bertz CT molecular complexity index is 305. The molecule has 0 fully saturated rings. The van der Waals surface area contributed by atoms with Crippen LogP contribution in [0.2, 0.25) is 0 Å². The van der Waals surface area contributed by atoms with Crippen molar-refractivity contribution in [3.63, 3.8) is 0 Å². The monoisotopic (exact) mass is 256 g/mol. The molecule has 94 valence electrons. The highest BCUT2D eigenvalue weighted by atomic mass is 32.2. The maximum Gasteiger partial charge on any atom is 0.707 e. The fourth-order valence-corrected chi connectivity index (χ4v) is 1.97. The summed E-state index contributed by atoms with van der Waals surface area (Å²) in [7, 11) is -1.77. The average Bonchev–Trinajstić information content (AvgIpc) is 2.30. The minimum absolute atomic E-state index is 0.437. The Hall–Kier alpha value is -0.685. The van der Waals surface area contributed by atoms with Crippen molar-refractivity contribution in [1.29, 1.82) is 0 Å². The van der Waals surface area contributed by atoms with Crippen LogP contribution in [0.5, 0.6) is 5.75 Å². The van der Waals surface area contributed by atoms with Gasteiger partial charge >= 0.3 is 7.32 Å². The van der Waals surface area contributed by atoms with Gasteiger partial charge in [0.25, 0.3) is 0 Å². The second-order valence-electron chi connectivity index (χ2n) is 3.38. The molecule has 4 nitrogen and oxygen atoms in total. The van der Waals surface area contributed by atoms with Gasteiger partial charge in [0.1, 0.15) is 5.75 Å². The van der Waals surface area contributed by atoms with E-state index < -0.39 is 7.32 Å². The van der Waals surface area contributed by atoms with Gasteiger partial charge < -0.3 is 19.4 Å². The van der Waals surface area contributed by atoms with Crippen LogP contribution in [0.1, 0.15) is 13.3 Å². The zero-order chi connectivity index (χ0) is 12.5. The zero-order valence-electron chi connectivity index (χ0n) is 9.83. The number of ether oxygens (including phenoxy) is 1. The van der Waals surface area contributed by atoms with Crippen molar-refractivity contribution in [3.8, 4) is 5.75 Å². The van der Waals surface area contributed by atoms with Gasteiger partial charge in [-0.25, -0.2) is 0 Å². The van der Waals surface area contributed by atoms with Crippen LogP contribution < -0.4 is 4.65 Å². The Labute approximate surface area is 106 Å². The second-order valence-corrected chi connectivity index (χ2v) is 4.54. The minimum Gasteiger partial charge on any atom is -0.512 e. The molecule has 0 bridgehead atoms. The molecule has 0 saturated carbocycles. The molecular weight excluding hydrogens is 239 g/mol. The van der Waals surface area contributed by atoms with Gasteiger partial charge in [0.05, 0.1) is 6.61 Å². The van der Waals surface area contributed by atoms with E-state index in [1.165, 1.54) is 0 Å². The van der Waals surface area contributed by atoms with Crippen LogP contribution in [-0.4, -0.2) is 36.3 Å². The minimum atomic E-state index is -1.77. The van der Waals surface area contributed by atoms with Crippen molar-refractivity contribution in [1.82, 2.24) is 0 Å². The van der Waals surface area contributed by atoms with Gasteiger partial charge in [-0.1, -0.05) is 6.92 Å². The van der Waals surface area contributed by atoms with E-state index in [-0.39, 0.29) is 0 Å². The van der Waals surface area contributed by atoms with Crippen molar-refractivity contribution in [2.45, 2.75) is 18.2 Å². The summed E-state index contributed by atoms with van der Waals surface area (Å²) in [5, 5.41) is 17.2. The van der Waals surface area contributed by atoms with E-state index in [9.17, 15) is 0 Å². The molecule has 1 aromatic rings. The number of benzene rings is 1. The third-order valence-electron chi connectivity index (χ3n) is 1.91. The molecule has 1 aromatic carbocycles. The lowest BCUT2D eigenvalue weighted by molar-refractivity contribution is 0.151. The van der Waals surface area contributed by atoms with Crippen molar-refractivity contribution in [3.05, 3.63) is 24.3 Å². The molecule has 0 saturated heterocycles. The van der Waals surface area contributed by atoms with E-state index in [2.05, 4.69) is 6.92 Å². The van der Waals surface area contributed by atoms with Gasteiger partial charge in [0.15, 0.2) is 0 Å². The summed E-state index contributed by atoms with van der Waals surface area (Å²) in [4.78, 5) is 1.10. The molecule has 0 radical (unpaired) electrons. The summed E-state index contributed by atoms with van der Waals surface area (Å²) in [5.41, 5.74) is 0. The fraction of sp³-hybridized carbons (Fsp3) is 0.455. The number of rotatable bonds is 8. The van der Waals surface area contributed by atoms with Gasteiger partial charge in [0.2, 0.25) is 0 Å². The van der Waals surface area contributed by atoms with Gasteiger partial charge in [0, 0.05) is 17.3 Å². The Morgan fingerprint density at radius 3 is 2.47 bits per heavy atom. The van der Waals surface area contributed by atoms with E-state index in [1.54, 1.807) is 23.9 Å². The first-order chi connectivity index (χ1) is 8.22. The molecule has 6 heteroatoms. The molecule has 0 heterocycles.